The topological polar surface area (TPSA) is 229 Å². The fourth-order valence-corrected chi connectivity index (χ4v) is 8.85. The first-order valence-corrected chi connectivity index (χ1v) is 26.2. The number of pyridine rings is 3. The summed E-state index contributed by atoms with van der Waals surface area (Å²) in [5, 5.41) is 20.8. The van der Waals surface area contributed by atoms with Crippen LogP contribution in [0.4, 0.5) is 19.0 Å². The van der Waals surface area contributed by atoms with Crippen LogP contribution < -0.4 is 53.3 Å². The van der Waals surface area contributed by atoms with E-state index in [2.05, 4.69) is 41.1 Å². The molecule has 9 aromatic rings. The number of piperidine rings is 2. The molecule has 2 aliphatic rings. The van der Waals surface area contributed by atoms with Crippen LogP contribution in [0.3, 0.4) is 0 Å². The summed E-state index contributed by atoms with van der Waals surface area (Å²) in [4.78, 5) is 50.6. The van der Waals surface area contributed by atoms with E-state index < -0.39 is 24.6 Å². The van der Waals surface area contributed by atoms with Gasteiger partial charge in [-0.3, -0.25) is 27.6 Å². The summed E-state index contributed by atoms with van der Waals surface area (Å²) in [6.45, 7) is 5.44. The zero-order valence-electron chi connectivity index (χ0n) is 43.0. The van der Waals surface area contributed by atoms with Crippen LogP contribution in [0.5, 0.6) is 11.5 Å². The summed E-state index contributed by atoms with van der Waals surface area (Å²) in [5.74, 6) is -0.295. The smallest absolute Gasteiger partial charge is 0.488 e. The standard InChI is InChI=1S/C20H21FN4O2.C15H10ClFN2O2.C8H4BrClN2O.C7H8BFO2.C5H12N2/c1-27-17-4-2-13(10-16(17)21)14-3-5-18-23-19(11-20(26)25(18)12-14)24-8-6-15(22)7-9-24;1-21-12-4-2-9(6-11(12)17)10-3-5-14-18-13(16)7-15(20)19(14)8-10;9-5-1-2-7-11-6(10)3-8(13)12(7)4-5;1-5-2-3-6(8(10)11)4-7(5)9;6-5-1-3-7-4-2-5/h2-5,10-12,15H,6-9,22H2,1H3;2-8H,1H3;1-4H;2-4,10-11H,1H3;5,7H,1-4,6H2. The Balaban J connectivity index is 0.000000153. The number of hydrogen-bond donors (Lipinski definition) is 5. The van der Waals surface area contributed by atoms with Crippen molar-refractivity contribution in [2.45, 2.75) is 44.7 Å². The van der Waals surface area contributed by atoms with E-state index in [1.54, 1.807) is 80.1 Å². The number of aromatic nitrogens is 6. The molecule has 412 valence electrons. The number of nitrogens with zero attached hydrogens (tertiary/aromatic N) is 7. The third kappa shape index (κ3) is 16.0. The van der Waals surface area contributed by atoms with E-state index in [1.165, 1.54) is 69.9 Å². The molecular formula is C55H55BBrCl2F3N10O7. The van der Waals surface area contributed by atoms with Gasteiger partial charge in [-0.25, -0.2) is 28.1 Å². The third-order valence-corrected chi connectivity index (χ3v) is 13.4. The molecule has 2 saturated heterocycles. The minimum atomic E-state index is -1.59. The van der Waals surface area contributed by atoms with Crippen LogP contribution in [0, 0.1) is 24.4 Å². The highest BCUT2D eigenvalue weighted by molar-refractivity contribution is 9.10. The largest absolute Gasteiger partial charge is 0.494 e. The van der Waals surface area contributed by atoms with E-state index in [1.807, 2.05) is 6.07 Å². The van der Waals surface area contributed by atoms with Crippen LogP contribution in [-0.2, 0) is 0 Å². The second-order valence-corrected chi connectivity index (χ2v) is 19.8. The summed E-state index contributed by atoms with van der Waals surface area (Å²) in [7, 11) is 1.24. The van der Waals surface area contributed by atoms with Crippen LogP contribution in [0.25, 0.3) is 39.2 Å². The van der Waals surface area contributed by atoms with Gasteiger partial charge in [-0.15, -0.1) is 0 Å². The molecule has 7 N–H and O–H groups in total. The van der Waals surface area contributed by atoms with Crippen molar-refractivity contribution < 1.29 is 32.7 Å². The van der Waals surface area contributed by atoms with Crippen molar-refractivity contribution in [3.05, 3.63) is 197 Å². The Bertz CT molecular complexity index is 3770. The Morgan fingerprint density at radius 2 is 1.05 bits per heavy atom. The predicted molar refractivity (Wildman–Crippen MR) is 306 cm³/mol. The van der Waals surface area contributed by atoms with Gasteiger partial charge in [0, 0.05) is 66.4 Å². The first kappa shape index (κ1) is 59.5. The van der Waals surface area contributed by atoms with Gasteiger partial charge < -0.3 is 41.2 Å². The zero-order valence-corrected chi connectivity index (χ0v) is 46.1. The Kier molecular flexibility index (Phi) is 20.8. The van der Waals surface area contributed by atoms with Crippen LogP contribution in [0.15, 0.2) is 147 Å². The summed E-state index contributed by atoms with van der Waals surface area (Å²) in [5.41, 5.74) is 15.8. The van der Waals surface area contributed by atoms with Crippen LogP contribution in [0.2, 0.25) is 10.3 Å². The molecule has 0 radical (unpaired) electrons. The molecule has 0 saturated carbocycles. The number of ether oxygens (including phenoxy) is 2. The van der Waals surface area contributed by atoms with Crippen LogP contribution in [-0.4, -0.2) is 97.8 Å². The lowest BCUT2D eigenvalue weighted by molar-refractivity contribution is 0.386. The average Bonchev–Trinajstić information content (AvgIpc) is 3.43. The van der Waals surface area contributed by atoms with Crippen molar-refractivity contribution in [2.24, 2.45) is 11.5 Å². The molecule has 0 spiro atoms. The highest BCUT2D eigenvalue weighted by Crippen LogP contribution is 2.28. The molecule has 0 aliphatic carbocycles. The minimum Gasteiger partial charge on any atom is -0.494 e. The van der Waals surface area contributed by atoms with Gasteiger partial charge in [0.15, 0.2) is 23.1 Å². The minimum absolute atomic E-state index is 0.142. The molecule has 17 nitrogen and oxygen atoms in total. The van der Waals surface area contributed by atoms with Gasteiger partial charge in [0.2, 0.25) is 0 Å². The summed E-state index contributed by atoms with van der Waals surface area (Å²) >= 11 is 14.6. The number of rotatable bonds is 6. The molecule has 0 bridgehead atoms. The monoisotopic (exact) mass is 1180 g/mol. The highest BCUT2D eigenvalue weighted by atomic mass is 79.9. The molecule has 79 heavy (non-hydrogen) atoms. The number of benzene rings is 3. The second kappa shape index (κ2) is 27.6. The highest BCUT2D eigenvalue weighted by Gasteiger charge is 2.19. The lowest BCUT2D eigenvalue weighted by atomic mass is 9.80. The Labute approximate surface area is 470 Å². The first-order valence-electron chi connectivity index (χ1n) is 24.6. The molecule has 0 unspecified atom stereocenters. The third-order valence-electron chi connectivity index (χ3n) is 12.6. The van der Waals surface area contributed by atoms with Crippen LogP contribution >= 0.6 is 39.1 Å². The average molecular weight is 1190 g/mol. The second-order valence-electron chi connectivity index (χ2n) is 18.1. The number of halogens is 6. The number of methoxy groups -OCH3 is 2. The zero-order chi connectivity index (χ0) is 56.9. The maximum absolute atomic E-state index is 14.0. The summed E-state index contributed by atoms with van der Waals surface area (Å²) in [6.07, 6.45) is 9.02. The normalized spacial score (nSPS) is 13.5. The molecule has 0 atom stereocenters. The van der Waals surface area contributed by atoms with E-state index in [0.717, 1.165) is 68.0 Å². The van der Waals surface area contributed by atoms with Gasteiger partial charge in [-0.05, 0) is 162 Å². The van der Waals surface area contributed by atoms with Crippen molar-refractivity contribution in [1.82, 2.24) is 33.5 Å². The summed E-state index contributed by atoms with van der Waals surface area (Å²) < 4.78 is 55.4. The quantitative estimate of drug-likeness (QED) is 0.0818. The van der Waals surface area contributed by atoms with Crippen molar-refractivity contribution in [2.75, 3.05) is 45.3 Å². The molecule has 2 fully saturated rings. The predicted octanol–water partition coefficient (Wildman–Crippen LogP) is 7.22. The number of nitrogens with two attached hydrogens (primary N) is 2. The van der Waals surface area contributed by atoms with E-state index in [4.69, 9.17) is 54.2 Å². The molecule has 11 rings (SSSR count). The molecule has 2 aliphatic heterocycles. The van der Waals surface area contributed by atoms with E-state index in [-0.39, 0.29) is 50.0 Å². The van der Waals surface area contributed by atoms with Gasteiger partial charge in [0.1, 0.15) is 38.9 Å². The van der Waals surface area contributed by atoms with E-state index in [9.17, 15) is 27.6 Å². The molecule has 0 amide bonds. The molecule has 6 aromatic heterocycles. The fraction of sp³-hybridized carbons (Fsp3) is 0.236. The molecule has 24 heteroatoms. The number of anilines is 1. The van der Waals surface area contributed by atoms with E-state index in [0.29, 0.717) is 51.1 Å². The van der Waals surface area contributed by atoms with Gasteiger partial charge >= 0.3 is 7.12 Å². The van der Waals surface area contributed by atoms with Crippen LogP contribution in [0.1, 0.15) is 31.2 Å². The maximum Gasteiger partial charge on any atom is 0.488 e. The molecular weight excluding hydrogens is 1130 g/mol. The SMILES string of the molecule is COc1ccc(-c2ccc3nc(Cl)cc(=O)n3c2)cc1F.COc1ccc(-c2ccc3nc(N4CCC(N)CC4)cc(=O)n3c2)cc1F.Cc1ccc(B(O)O)cc1F.NC1CCNCC1.O=c1cc(Cl)nc2ccc(Br)cn12. The van der Waals surface area contributed by atoms with Gasteiger partial charge in [0.25, 0.3) is 16.7 Å². The first-order chi connectivity index (χ1) is 37.8. The van der Waals surface area contributed by atoms with Gasteiger partial charge in [-0.1, -0.05) is 47.5 Å². The Morgan fingerprint density at radius 1 is 0.595 bits per heavy atom. The summed E-state index contributed by atoms with van der Waals surface area (Å²) in [6, 6.07) is 28.7. The maximum atomic E-state index is 14.0. The van der Waals surface area contributed by atoms with Crippen molar-refractivity contribution in [3.63, 3.8) is 0 Å². The number of nitrogens with one attached hydrogen (secondary N) is 1. The number of aryl methyl sites for hydroxylation is 1. The Morgan fingerprint density at radius 3 is 1.51 bits per heavy atom. The molecule has 3 aromatic carbocycles. The van der Waals surface area contributed by atoms with Crippen molar-refractivity contribution >= 4 is 74.5 Å². The van der Waals surface area contributed by atoms with Crippen molar-refractivity contribution in [3.8, 4) is 33.8 Å². The van der Waals surface area contributed by atoms with Gasteiger partial charge in [0.05, 0.1) is 14.2 Å². The number of hydrogen-bond acceptors (Lipinski definition) is 14. The van der Waals surface area contributed by atoms with Crippen molar-refractivity contribution in [1.29, 1.82) is 0 Å². The Hall–Kier alpha value is -7.15. The lowest BCUT2D eigenvalue weighted by Crippen LogP contribution is -2.40. The van der Waals surface area contributed by atoms with E-state index >= 15 is 0 Å². The molecule has 8 heterocycles. The van der Waals surface area contributed by atoms with Gasteiger partial charge in [-0.2, -0.15) is 0 Å². The number of fused-ring (bicyclic) bond motifs is 3. The lowest BCUT2D eigenvalue weighted by Gasteiger charge is -2.31. The fourth-order valence-electron chi connectivity index (χ4n) is 8.15.